The van der Waals surface area contributed by atoms with Crippen molar-refractivity contribution in [3.05, 3.63) is 66.1 Å². The molecule has 8 nitrogen and oxygen atoms in total. The van der Waals surface area contributed by atoms with E-state index in [2.05, 4.69) is 20.0 Å². The van der Waals surface area contributed by atoms with E-state index < -0.39 is 5.82 Å². The Labute approximate surface area is 190 Å². The molecule has 1 fully saturated rings. The van der Waals surface area contributed by atoms with E-state index in [1.54, 1.807) is 23.1 Å². The van der Waals surface area contributed by atoms with Gasteiger partial charge in [-0.1, -0.05) is 0 Å². The topological polar surface area (TPSA) is 80.0 Å². The third kappa shape index (κ3) is 4.31. The van der Waals surface area contributed by atoms with Crippen LogP contribution in [0.3, 0.4) is 0 Å². The summed E-state index contributed by atoms with van der Waals surface area (Å²) in [6.07, 6.45) is 6.82. The maximum atomic E-state index is 15.2. The number of pyridine rings is 3. The van der Waals surface area contributed by atoms with E-state index >= 15 is 4.39 Å². The fourth-order valence-electron chi connectivity index (χ4n) is 4.02. The zero-order valence-corrected chi connectivity index (χ0v) is 18.6. The van der Waals surface area contributed by atoms with Gasteiger partial charge in [-0.2, -0.15) is 5.10 Å². The number of fused-ring (bicyclic) bond motifs is 1. The summed E-state index contributed by atoms with van der Waals surface area (Å²) in [6.45, 7) is 3.01. The number of anilines is 1. The molecule has 1 aliphatic heterocycles. The van der Waals surface area contributed by atoms with Crippen molar-refractivity contribution in [2.45, 2.75) is 6.42 Å². The normalized spacial score (nSPS) is 14.7. The molecule has 0 bridgehead atoms. The molecule has 0 aromatic carbocycles. The number of carbonyl (C=O) groups is 1. The van der Waals surface area contributed by atoms with Crippen molar-refractivity contribution in [3.63, 3.8) is 0 Å². The van der Waals surface area contributed by atoms with E-state index in [4.69, 9.17) is 4.98 Å². The Morgan fingerprint density at radius 3 is 2.64 bits per heavy atom. The molecule has 0 unspecified atom stereocenters. The standard InChI is InChI=1S/C24H24FN7O/c1-30-7-9-32(10-8-30)24-23(25)19(5-6-26-24)22(33)12-18-11-21-16(13-27-18)3-4-20(29-21)17-14-28-31(2)15-17/h3-6,11,13-15H,7-10,12H2,1-2H3. The van der Waals surface area contributed by atoms with Gasteiger partial charge < -0.3 is 9.80 Å². The Kier molecular flexibility index (Phi) is 5.55. The van der Waals surface area contributed by atoms with Gasteiger partial charge in [-0.3, -0.25) is 14.5 Å². The lowest BCUT2D eigenvalue weighted by molar-refractivity contribution is 0.0988. The van der Waals surface area contributed by atoms with Crippen LogP contribution >= 0.6 is 0 Å². The van der Waals surface area contributed by atoms with Gasteiger partial charge in [-0.15, -0.1) is 0 Å². The number of halogens is 1. The number of ketones is 1. The second-order valence-electron chi connectivity index (χ2n) is 8.35. The van der Waals surface area contributed by atoms with Crippen LogP contribution in [0.15, 0.2) is 49.1 Å². The quantitative estimate of drug-likeness (QED) is 0.437. The van der Waals surface area contributed by atoms with Gasteiger partial charge in [-0.05, 0) is 31.3 Å². The van der Waals surface area contributed by atoms with E-state index in [0.717, 1.165) is 35.2 Å². The highest BCUT2D eigenvalue weighted by atomic mass is 19.1. The van der Waals surface area contributed by atoms with Crippen molar-refractivity contribution in [1.82, 2.24) is 29.6 Å². The summed E-state index contributed by atoms with van der Waals surface area (Å²) >= 11 is 0. The fraction of sp³-hybridized carbons (Fsp3) is 0.292. The number of nitrogens with zero attached hydrogens (tertiary/aromatic N) is 7. The Bertz CT molecular complexity index is 1330. The summed E-state index contributed by atoms with van der Waals surface area (Å²) < 4.78 is 16.9. The number of rotatable bonds is 5. The highest BCUT2D eigenvalue weighted by Crippen LogP contribution is 2.23. The molecular formula is C24H24FN7O. The molecule has 0 N–H and O–H groups in total. The van der Waals surface area contributed by atoms with Crippen LogP contribution in [0, 0.1) is 5.82 Å². The van der Waals surface area contributed by atoms with Crippen molar-refractivity contribution < 1.29 is 9.18 Å². The van der Waals surface area contributed by atoms with Crippen LogP contribution in [0.2, 0.25) is 0 Å². The Hall–Kier alpha value is -3.72. The largest absolute Gasteiger partial charge is 0.352 e. The smallest absolute Gasteiger partial charge is 0.176 e. The lowest BCUT2D eigenvalue weighted by Gasteiger charge is -2.33. The first-order chi connectivity index (χ1) is 16.0. The highest BCUT2D eigenvalue weighted by molar-refractivity contribution is 5.98. The lowest BCUT2D eigenvalue weighted by atomic mass is 10.1. The van der Waals surface area contributed by atoms with Crippen LogP contribution in [-0.2, 0) is 13.5 Å². The molecule has 4 aromatic rings. The number of likely N-dealkylation sites (N-methyl/N-ethyl adjacent to an activating group) is 1. The van der Waals surface area contributed by atoms with Crippen molar-refractivity contribution in [3.8, 4) is 11.3 Å². The molecule has 1 aliphatic rings. The minimum absolute atomic E-state index is 0.0160. The van der Waals surface area contributed by atoms with E-state index in [1.165, 1.54) is 12.3 Å². The predicted octanol–water partition coefficient (Wildman–Crippen LogP) is 2.74. The number of carbonyl (C=O) groups excluding carboxylic acids is 1. The van der Waals surface area contributed by atoms with Gasteiger partial charge >= 0.3 is 0 Å². The SMILES string of the molecule is CN1CCN(c2nccc(C(=O)Cc3cc4nc(-c5cnn(C)c5)ccc4cn3)c2F)CC1. The fourth-order valence-corrected chi connectivity index (χ4v) is 4.02. The summed E-state index contributed by atoms with van der Waals surface area (Å²) in [7, 11) is 3.89. The molecule has 0 saturated carbocycles. The molecule has 5 rings (SSSR count). The van der Waals surface area contributed by atoms with Gasteiger partial charge in [-0.25, -0.2) is 14.4 Å². The summed E-state index contributed by atoms with van der Waals surface area (Å²) in [5.41, 5.74) is 3.00. The van der Waals surface area contributed by atoms with Crippen LogP contribution in [0.5, 0.6) is 0 Å². The molecule has 0 radical (unpaired) electrons. The molecule has 33 heavy (non-hydrogen) atoms. The molecule has 1 saturated heterocycles. The summed E-state index contributed by atoms with van der Waals surface area (Å²) in [6, 6.07) is 7.08. The number of aromatic nitrogens is 5. The van der Waals surface area contributed by atoms with Crippen molar-refractivity contribution in [1.29, 1.82) is 0 Å². The van der Waals surface area contributed by atoms with Gasteiger partial charge in [0.15, 0.2) is 17.4 Å². The summed E-state index contributed by atoms with van der Waals surface area (Å²) in [5.74, 6) is -0.659. The van der Waals surface area contributed by atoms with E-state index in [0.29, 0.717) is 18.8 Å². The zero-order valence-electron chi connectivity index (χ0n) is 18.6. The van der Waals surface area contributed by atoms with Gasteiger partial charge in [0.2, 0.25) is 0 Å². The molecule has 0 amide bonds. The molecule has 0 atom stereocenters. The van der Waals surface area contributed by atoms with Crippen LogP contribution in [-0.4, -0.2) is 68.6 Å². The first-order valence-electron chi connectivity index (χ1n) is 10.8. The Morgan fingerprint density at radius 2 is 1.88 bits per heavy atom. The van der Waals surface area contributed by atoms with E-state index in [1.807, 2.05) is 37.3 Å². The maximum absolute atomic E-state index is 15.2. The van der Waals surface area contributed by atoms with Gasteiger partial charge in [0.05, 0.1) is 35.1 Å². The monoisotopic (exact) mass is 445 g/mol. The van der Waals surface area contributed by atoms with E-state index in [9.17, 15) is 4.79 Å². The van der Waals surface area contributed by atoms with Gasteiger partial charge in [0.1, 0.15) is 0 Å². The average Bonchev–Trinajstić information content (AvgIpc) is 3.25. The minimum Gasteiger partial charge on any atom is -0.352 e. The first-order valence-corrected chi connectivity index (χ1v) is 10.8. The Balaban J connectivity index is 1.39. The molecule has 9 heteroatoms. The number of hydrogen-bond donors (Lipinski definition) is 0. The molecule has 0 aliphatic carbocycles. The van der Waals surface area contributed by atoms with Gasteiger partial charge in [0, 0.05) is 62.8 Å². The number of hydrogen-bond acceptors (Lipinski definition) is 7. The molecule has 4 aromatic heterocycles. The number of Topliss-reactive ketones (excluding diaryl/α,β-unsaturated/α-hetero) is 1. The molecule has 0 spiro atoms. The van der Waals surface area contributed by atoms with Crippen LogP contribution in [0.25, 0.3) is 22.2 Å². The minimum atomic E-state index is -0.565. The first kappa shape index (κ1) is 21.1. The molecule has 168 valence electrons. The second kappa shape index (κ2) is 8.67. The zero-order chi connectivity index (χ0) is 22.9. The van der Waals surface area contributed by atoms with Crippen molar-refractivity contribution in [2.24, 2.45) is 7.05 Å². The maximum Gasteiger partial charge on any atom is 0.176 e. The van der Waals surface area contributed by atoms with Crippen LogP contribution in [0.1, 0.15) is 16.1 Å². The average molecular weight is 446 g/mol. The predicted molar refractivity (Wildman–Crippen MR) is 124 cm³/mol. The van der Waals surface area contributed by atoms with Gasteiger partial charge in [0.25, 0.3) is 0 Å². The summed E-state index contributed by atoms with van der Waals surface area (Å²) in [5, 5.41) is 5.06. The van der Waals surface area contributed by atoms with E-state index in [-0.39, 0.29) is 23.6 Å². The van der Waals surface area contributed by atoms with Crippen molar-refractivity contribution >= 4 is 22.5 Å². The van der Waals surface area contributed by atoms with Crippen LogP contribution < -0.4 is 4.90 Å². The molecular weight excluding hydrogens is 421 g/mol. The Morgan fingerprint density at radius 1 is 1.06 bits per heavy atom. The van der Waals surface area contributed by atoms with Crippen LogP contribution in [0.4, 0.5) is 10.2 Å². The summed E-state index contributed by atoms with van der Waals surface area (Å²) in [4.78, 5) is 30.4. The highest BCUT2D eigenvalue weighted by Gasteiger charge is 2.23. The lowest BCUT2D eigenvalue weighted by Crippen LogP contribution is -2.45. The third-order valence-corrected chi connectivity index (χ3v) is 5.95. The van der Waals surface area contributed by atoms with Crippen molar-refractivity contribution in [2.75, 3.05) is 38.1 Å². The third-order valence-electron chi connectivity index (χ3n) is 5.95. The second-order valence-corrected chi connectivity index (χ2v) is 8.35. The number of piperazine rings is 1. The molecule has 5 heterocycles. The number of aryl methyl sites for hydroxylation is 1.